The van der Waals surface area contributed by atoms with Crippen molar-refractivity contribution in [2.75, 3.05) is 38.3 Å². The van der Waals surface area contributed by atoms with Crippen molar-refractivity contribution >= 4 is 22.8 Å². The van der Waals surface area contributed by atoms with Crippen molar-refractivity contribution in [2.24, 2.45) is 0 Å². The van der Waals surface area contributed by atoms with Crippen LogP contribution in [0, 0.1) is 0 Å². The van der Waals surface area contributed by atoms with Crippen molar-refractivity contribution in [3.8, 4) is 5.75 Å². The molecule has 2 aromatic heterocycles. The summed E-state index contributed by atoms with van der Waals surface area (Å²) in [7, 11) is 1.59. The predicted molar refractivity (Wildman–Crippen MR) is 110 cm³/mol. The SMILES string of the molecule is COc1cccc(CNC(=O)c2c[nH]c3ccc(N4CCOCC4)nc3c2=O)c1. The summed E-state index contributed by atoms with van der Waals surface area (Å²) < 4.78 is 10.5. The van der Waals surface area contributed by atoms with Gasteiger partial charge in [0.1, 0.15) is 22.6 Å². The maximum Gasteiger partial charge on any atom is 0.257 e. The van der Waals surface area contributed by atoms with Crippen LogP contribution in [0.5, 0.6) is 5.75 Å². The number of anilines is 1. The summed E-state index contributed by atoms with van der Waals surface area (Å²) in [4.78, 5) is 35.1. The second kappa shape index (κ2) is 8.32. The number of nitrogens with zero attached hydrogens (tertiary/aromatic N) is 2. The number of benzene rings is 1. The van der Waals surface area contributed by atoms with E-state index in [-0.39, 0.29) is 17.6 Å². The van der Waals surface area contributed by atoms with Crippen molar-refractivity contribution in [2.45, 2.75) is 6.54 Å². The molecule has 4 rings (SSSR count). The molecule has 29 heavy (non-hydrogen) atoms. The molecule has 1 aromatic carbocycles. The zero-order valence-electron chi connectivity index (χ0n) is 16.1. The fourth-order valence-corrected chi connectivity index (χ4v) is 3.28. The minimum atomic E-state index is -0.449. The number of carbonyl (C=O) groups is 1. The van der Waals surface area contributed by atoms with Crippen molar-refractivity contribution < 1.29 is 14.3 Å². The van der Waals surface area contributed by atoms with E-state index in [0.717, 1.165) is 18.7 Å². The Morgan fingerprint density at radius 1 is 1.28 bits per heavy atom. The van der Waals surface area contributed by atoms with Gasteiger partial charge < -0.3 is 24.7 Å². The summed E-state index contributed by atoms with van der Waals surface area (Å²) in [6.45, 7) is 2.98. The second-order valence-corrected chi connectivity index (χ2v) is 6.73. The molecular weight excluding hydrogens is 372 g/mol. The van der Waals surface area contributed by atoms with Gasteiger partial charge in [-0.15, -0.1) is 0 Å². The summed E-state index contributed by atoms with van der Waals surface area (Å²) in [5.41, 5.74) is 1.37. The van der Waals surface area contributed by atoms with E-state index in [1.54, 1.807) is 7.11 Å². The van der Waals surface area contributed by atoms with Crippen LogP contribution < -0.4 is 20.4 Å². The molecule has 0 bridgehead atoms. The van der Waals surface area contributed by atoms with Crippen LogP contribution in [-0.2, 0) is 11.3 Å². The number of H-pyrrole nitrogens is 1. The van der Waals surface area contributed by atoms with Crippen LogP contribution >= 0.6 is 0 Å². The number of morpholine rings is 1. The second-order valence-electron chi connectivity index (χ2n) is 6.73. The van der Waals surface area contributed by atoms with Crippen LogP contribution in [0.1, 0.15) is 15.9 Å². The molecule has 0 saturated carbocycles. The Morgan fingerprint density at radius 3 is 2.90 bits per heavy atom. The lowest BCUT2D eigenvalue weighted by molar-refractivity contribution is 0.0949. The lowest BCUT2D eigenvalue weighted by Crippen LogP contribution is -2.37. The number of nitrogens with one attached hydrogen (secondary N) is 2. The zero-order chi connectivity index (χ0) is 20.2. The number of hydrogen-bond donors (Lipinski definition) is 2. The molecule has 1 aliphatic rings. The highest BCUT2D eigenvalue weighted by atomic mass is 16.5. The van der Waals surface area contributed by atoms with Gasteiger partial charge in [0.05, 0.1) is 25.8 Å². The number of fused-ring (bicyclic) bond motifs is 1. The highest BCUT2D eigenvalue weighted by Gasteiger charge is 2.17. The standard InChI is InChI=1S/C21H22N4O4/c1-28-15-4-2-3-14(11-15)12-23-21(27)16-13-22-17-5-6-18(24-19(17)20(16)26)25-7-9-29-10-8-25/h2-6,11,13H,7-10,12H2,1H3,(H,22,26)(H,23,27). The molecule has 0 aliphatic carbocycles. The normalized spacial score (nSPS) is 14.0. The summed E-state index contributed by atoms with van der Waals surface area (Å²) >= 11 is 0. The Bertz CT molecular complexity index is 1090. The molecule has 3 heterocycles. The van der Waals surface area contributed by atoms with Crippen molar-refractivity contribution in [1.82, 2.24) is 15.3 Å². The third-order valence-corrected chi connectivity index (χ3v) is 4.88. The van der Waals surface area contributed by atoms with Gasteiger partial charge in [0.25, 0.3) is 5.91 Å². The van der Waals surface area contributed by atoms with E-state index in [9.17, 15) is 9.59 Å². The lowest BCUT2D eigenvalue weighted by Gasteiger charge is -2.27. The number of hydrogen-bond acceptors (Lipinski definition) is 6. The smallest absolute Gasteiger partial charge is 0.257 e. The quantitative estimate of drug-likeness (QED) is 0.684. The van der Waals surface area contributed by atoms with E-state index in [4.69, 9.17) is 9.47 Å². The molecule has 8 heteroatoms. The Morgan fingerprint density at radius 2 is 2.10 bits per heavy atom. The van der Waals surface area contributed by atoms with Crippen LogP contribution in [0.4, 0.5) is 5.82 Å². The molecule has 0 atom stereocenters. The van der Waals surface area contributed by atoms with Crippen molar-refractivity contribution in [3.05, 3.63) is 63.9 Å². The molecule has 1 aliphatic heterocycles. The fourth-order valence-electron chi connectivity index (χ4n) is 3.28. The Kier molecular flexibility index (Phi) is 5.44. The summed E-state index contributed by atoms with van der Waals surface area (Å²) in [5, 5.41) is 2.78. The first-order chi connectivity index (χ1) is 14.2. The monoisotopic (exact) mass is 394 g/mol. The zero-order valence-corrected chi connectivity index (χ0v) is 16.1. The molecule has 1 saturated heterocycles. The molecule has 0 spiro atoms. The van der Waals surface area contributed by atoms with Gasteiger partial charge in [-0.25, -0.2) is 4.98 Å². The van der Waals surface area contributed by atoms with E-state index in [1.807, 2.05) is 36.4 Å². The number of carbonyl (C=O) groups excluding carboxylic acids is 1. The predicted octanol–water partition coefficient (Wildman–Crippen LogP) is 1.70. The van der Waals surface area contributed by atoms with E-state index < -0.39 is 11.3 Å². The van der Waals surface area contributed by atoms with Crippen molar-refractivity contribution in [1.29, 1.82) is 0 Å². The minimum absolute atomic E-state index is 0.0343. The summed E-state index contributed by atoms with van der Waals surface area (Å²) in [6.07, 6.45) is 1.43. The number of amides is 1. The summed E-state index contributed by atoms with van der Waals surface area (Å²) in [6, 6.07) is 11.1. The third-order valence-electron chi connectivity index (χ3n) is 4.88. The number of methoxy groups -OCH3 is 1. The molecule has 1 amide bonds. The number of pyridine rings is 2. The van der Waals surface area contributed by atoms with Crippen LogP contribution in [0.15, 0.2) is 47.4 Å². The van der Waals surface area contributed by atoms with Gasteiger partial charge in [-0.2, -0.15) is 0 Å². The average Bonchev–Trinajstić information content (AvgIpc) is 2.78. The largest absolute Gasteiger partial charge is 0.497 e. The van der Waals surface area contributed by atoms with E-state index in [1.165, 1.54) is 6.20 Å². The van der Waals surface area contributed by atoms with Gasteiger partial charge in [0.2, 0.25) is 5.43 Å². The molecule has 150 valence electrons. The van der Waals surface area contributed by atoms with Gasteiger partial charge in [0, 0.05) is 25.8 Å². The highest BCUT2D eigenvalue weighted by Crippen LogP contribution is 2.16. The summed E-state index contributed by atoms with van der Waals surface area (Å²) in [5.74, 6) is 0.968. The molecule has 3 aromatic rings. The molecular formula is C21H22N4O4. The van der Waals surface area contributed by atoms with E-state index in [2.05, 4.69) is 20.2 Å². The first-order valence-electron chi connectivity index (χ1n) is 9.42. The third kappa shape index (κ3) is 4.07. The van der Waals surface area contributed by atoms with E-state index in [0.29, 0.717) is 30.3 Å². The minimum Gasteiger partial charge on any atom is -0.497 e. The molecule has 0 unspecified atom stereocenters. The lowest BCUT2D eigenvalue weighted by atomic mass is 10.2. The van der Waals surface area contributed by atoms with Crippen LogP contribution in [0.2, 0.25) is 0 Å². The topological polar surface area (TPSA) is 96.6 Å². The first kappa shape index (κ1) is 18.9. The first-order valence-corrected chi connectivity index (χ1v) is 9.42. The van der Waals surface area contributed by atoms with Crippen LogP contribution in [0.3, 0.4) is 0 Å². The molecule has 0 radical (unpaired) electrons. The maximum absolute atomic E-state index is 12.9. The fraction of sp³-hybridized carbons (Fsp3) is 0.286. The maximum atomic E-state index is 12.9. The number of aromatic nitrogens is 2. The molecule has 2 N–H and O–H groups in total. The highest BCUT2D eigenvalue weighted by molar-refractivity contribution is 5.96. The Balaban J connectivity index is 1.57. The Hall–Kier alpha value is -3.39. The van der Waals surface area contributed by atoms with Gasteiger partial charge in [-0.3, -0.25) is 9.59 Å². The average molecular weight is 394 g/mol. The van der Waals surface area contributed by atoms with Gasteiger partial charge >= 0.3 is 0 Å². The van der Waals surface area contributed by atoms with Crippen LogP contribution in [-0.4, -0.2) is 49.3 Å². The number of ether oxygens (including phenoxy) is 2. The van der Waals surface area contributed by atoms with Crippen LogP contribution in [0.25, 0.3) is 11.0 Å². The molecule has 1 fully saturated rings. The van der Waals surface area contributed by atoms with E-state index >= 15 is 0 Å². The number of aromatic amines is 1. The van der Waals surface area contributed by atoms with Gasteiger partial charge in [-0.05, 0) is 29.8 Å². The van der Waals surface area contributed by atoms with Crippen molar-refractivity contribution in [3.63, 3.8) is 0 Å². The van der Waals surface area contributed by atoms with Gasteiger partial charge in [0.15, 0.2) is 0 Å². The van der Waals surface area contributed by atoms with Gasteiger partial charge in [-0.1, -0.05) is 12.1 Å². The number of rotatable bonds is 5. The Labute approximate surface area is 167 Å². The molecule has 8 nitrogen and oxygen atoms in total.